The molecule has 1 aromatic carbocycles. The van der Waals surface area contributed by atoms with Gasteiger partial charge in [0.25, 0.3) is 0 Å². The smallest absolute Gasteiger partial charge is 0.322 e. The van der Waals surface area contributed by atoms with Crippen molar-refractivity contribution in [3.63, 3.8) is 0 Å². The average Bonchev–Trinajstić information content (AvgIpc) is 2.37. The van der Waals surface area contributed by atoms with Gasteiger partial charge < -0.3 is 16.0 Å². The highest BCUT2D eigenvalue weighted by Gasteiger charge is 2.46. The molecule has 3 N–H and O–H groups in total. The van der Waals surface area contributed by atoms with Crippen molar-refractivity contribution in [2.45, 2.75) is 57.7 Å². The third-order valence-corrected chi connectivity index (χ3v) is 4.54. The number of urea groups is 1. The lowest BCUT2D eigenvalue weighted by atomic mass is 9.77. The van der Waals surface area contributed by atoms with Gasteiger partial charge in [0, 0.05) is 28.3 Å². The van der Waals surface area contributed by atoms with Crippen molar-refractivity contribution in [2.24, 2.45) is 5.73 Å². The lowest BCUT2D eigenvalue weighted by Crippen LogP contribution is -2.66. The summed E-state index contributed by atoms with van der Waals surface area (Å²) in [5, 5.41) is 3.57. The van der Waals surface area contributed by atoms with E-state index in [-0.39, 0.29) is 23.2 Å². The van der Waals surface area contributed by atoms with Crippen LogP contribution in [0.5, 0.6) is 0 Å². The lowest BCUT2D eigenvalue weighted by molar-refractivity contribution is 0.00444. The maximum absolute atomic E-state index is 12.7. The van der Waals surface area contributed by atoms with Gasteiger partial charge in [-0.2, -0.15) is 0 Å². The fraction of sp³-hybridized carbons (Fsp3) is 0.500. The molecule has 0 saturated carbocycles. The predicted molar refractivity (Wildman–Crippen MR) is 96.2 cm³/mol. The molecule has 1 saturated heterocycles. The second-order valence-corrected chi connectivity index (χ2v) is 7.90. The SMILES string of the molecule is CC1(C)CC(N)CC(C)(C)N1C(=O)N/C=C/c1ccc(Cl)cc1. The van der Waals surface area contributed by atoms with Crippen LogP contribution in [0.1, 0.15) is 46.1 Å². The molecule has 0 unspecified atom stereocenters. The largest absolute Gasteiger partial charge is 0.328 e. The first-order valence-corrected chi connectivity index (χ1v) is 8.28. The standard InChI is InChI=1S/C18H26ClN3O/c1-17(2)11-15(20)12-18(3,4)22(17)16(23)21-10-9-13-5-7-14(19)8-6-13/h5-10,15H,11-12,20H2,1-4H3,(H,21,23)/b10-9+. The van der Waals surface area contributed by atoms with E-state index in [1.807, 2.05) is 35.2 Å². The molecule has 1 aliphatic heterocycles. The molecule has 0 radical (unpaired) electrons. The average molecular weight is 336 g/mol. The van der Waals surface area contributed by atoms with Crippen molar-refractivity contribution in [3.8, 4) is 0 Å². The molecule has 0 aliphatic carbocycles. The first-order valence-electron chi connectivity index (χ1n) is 7.90. The molecule has 0 atom stereocenters. The number of hydrogen-bond acceptors (Lipinski definition) is 2. The highest BCUT2D eigenvalue weighted by atomic mass is 35.5. The van der Waals surface area contributed by atoms with Crippen LogP contribution in [-0.2, 0) is 0 Å². The second kappa shape index (κ2) is 6.54. The molecule has 2 amide bonds. The normalized spacial score (nSPS) is 20.7. The van der Waals surface area contributed by atoms with E-state index in [9.17, 15) is 4.79 Å². The lowest BCUT2D eigenvalue weighted by Gasteiger charge is -2.54. The molecule has 1 aliphatic rings. The van der Waals surface area contributed by atoms with Crippen LogP contribution in [0.15, 0.2) is 30.5 Å². The van der Waals surface area contributed by atoms with Gasteiger partial charge in [-0.15, -0.1) is 0 Å². The predicted octanol–water partition coefficient (Wildman–Crippen LogP) is 4.00. The summed E-state index contributed by atoms with van der Waals surface area (Å²) in [5.41, 5.74) is 6.58. The molecule has 1 aromatic rings. The first kappa shape index (κ1) is 17.8. The van der Waals surface area contributed by atoms with Gasteiger partial charge >= 0.3 is 6.03 Å². The van der Waals surface area contributed by atoms with Crippen molar-refractivity contribution in [3.05, 3.63) is 41.1 Å². The second-order valence-electron chi connectivity index (χ2n) is 7.46. The highest BCUT2D eigenvalue weighted by molar-refractivity contribution is 6.30. The van der Waals surface area contributed by atoms with Gasteiger partial charge in [-0.1, -0.05) is 23.7 Å². The third-order valence-electron chi connectivity index (χ3n) is 4.29. The zero-order chi connectivity index (χ0) is 17.3. The van der Waals surface area contributed by atoms with Gasteiger partial charge in [0.15, 0.2) is 0 Å². The van der Waals surface area contributed by atoms with Crippen LogP contribution in [0.25, 0.3) is 6.08 Å². The number of piperidine rings is 1. The number of nitrogens with two attached hydrogens (primary N) is 1. The molecule has 2 rings (SSSR count). The molecule has 126 valence electrons. The van der Waals surface area contributed by atoms with Gasteiger partial charge in [-0.05, 0) is 64.3 Å². The van der Waals surface area contributed by atoms with Crippen molar-refractivity contribution >= 4 is 23.7 Å². The first-order chi connectivity index (χ1) is 10.6. The number of carbonyl (C=O) groups excluding carboxylic acids is 1. The zero-order valence-electron chi connectivity index (χ0n) is 14.3. The number of likely N-dealkylation sites (tertiary alicyclic amines) is 1. The van der Waals surface area contributed by atoms with E-state index in [2.05, 4.69) is 33.0 Å². The van der Waals surface area contributed by atoms with Crippen LogP contribution in [0.3, 0.4) is 0 Å². The maximum atomic E-state index is 12.7. The van der Waals surface area contributed by atoms with Crippen LogP contribution in [0.4, 0.5) is 4.79 Å². The van der Waals surface area contributed by atoms with Gasteiger partial charge in [0.2, 0.25) is 0 Å². The summed E-state index contributed by atoms with van der Waals surface area (Å²) < 4.78 is 0. The molecule has 5 heteroatoms. The Kier molecular flexibility index (Phi) is 5.07. The summed E-state index contributed by atoms with van der Waals surface area (Å²) in [5.74, 6) is 0. The van der Waals surface area contributed by atoms with Crippen molar-refractivity contribution in [2.75, 3.05) is 0 Å². The summed E-state index contributed by atoms with van der Waals surface area (Å²) >= 11 is 5.86. The Morgan fingerprint density at radius 1 is 1.22 bits per heavy atom. The van der Waals surface area contributed by atoms with E-state index in [0.717, 1.165) is 18.4 Å². The Morgan fingerprint density at radius 2 is 1.74 bits per heavy atom. The summed E-state index contributed by atoms with van der Waals surface area (Å²) in [6.45, 7) is 8.26. The zero-order valence-corrected chi connectivity index (χ0v) is 15.0. The Labute approximate surface area is 143 Å². The number of hydrogen-bond donors (Lipinski definition) is 2. The molecule has 0 spiro atoms. The van der Waals surface area contributed by atoms with Gasteiger partial charge in [0.1, 0.15) is 0 Å². The monoisotopic (exact) mass is 335 g/mol. The molecule has 4 nitrogen and oxygen atoms in total. The number of amides is 2. The Bertz CT molecular complexity index is 575. The molecular weight excluding hydrogens is 310 g/mol. The fourth-order valence-electron chi connectivity index (χ4n) is 3.75. The number of benzene rings is 1. The van der Waals surface area contributed by atoms with Gasteiger partial charge in [-0.25, -0.2) is 4.79 Å². The molecular formula is C18H26ClN3O. The summed E-state index contributed by atoms with van der Waals surface area (Å²) in [6, 6.07) is 7.46. The van der Waals surface area contributed by atoms with E-state index in [1.165, 1.54) is 0 Å². The minimum Gasteiger partial charge on any atom is -0.328 e. The van der Waals surface area contributed by atoms with Gasteiger partial charge in [-0.3, -0.25) is 0 Å². The molecule has 1 fully saturated rings. The number of rotatable bonds is 2. The summed E-state index contributed by atoms with van der Waals surface area (Å²) in [7, 11) is 0. The number of nitrogens with one attached hydrogen (secondary N) is 1. The Hall–Kier alpha value is -1.52. The Morgan fingerprint density at radius 3 is 2.26 bits per heavy atom. The molecule has 0 bridgehead atoms. The van der Waals surface area contributed by atoms with Crippen LogP contribution in [0.2, 0.25) is 5.02 Å². The number of carbonyl (C=O) groups is 1. The third kappa shape index (κ3) is 4.27. The Balaban J connectivity index is 2.08. The van der Waals surface area contributed by atoms with E-state index in [1.54, 1.807) is 6.20 Å². The molecule has 0 aromatic heterocycles. The number of halogens is 1. The fourth-order valence-corrected chi connectivity index (χ4v) is 3.88. The summed E-state index contributed by atoms with van der Waals surface area (Å²) in [4.78, 5) is 14.6. The highest BCUT2D eigenvalue weighted by Crippen LogP contribution is 2.37. The minimum atomic E-state index is -0.278. The van der Waals surface area contributed by atoms with Crippen LogP contribution < -0.4 is 11.1 Å². The van der Waals surface area contributed by atoms with E-state index in [0.29, 0.717) is 5.02 Å². The van der Waals surface area contributed by atoms with Crippen molar-refractivity contribution < 1.29 is 4.79 Å². The summed E-state index contributed by atoms with van der Waals surface area (Å²) in [6.07, 6.45) is 5.12. The molecule has 23 heavy (non-hydrogen) atoms. The topological polar surface area (TPSA) is 58.4 Å². The van der Waals surface area contributed by atoms with Crippen LogP contribution in [-0.4, -0.2) is 28.1 Å². The quantitative estimate of drug-likeness (QED) is 0.858. The van der Waals surface area contributed by atoms with Crippen LogP contribution >= 0.6 is 11.6 Å². The van der Waals surface area contributed by atoms with Crippen molar-refractivity contribution in [1.29, 1.82) is 0 Å². The van der Waals surface area contributed by atoms with Crippen LogP contribution in [0, 0.1) is 0 Å². The van der Waals surface area contributed by atoms with E-state index >= 15 is 0 Å². The van der Waals surface area contributed by atoms with E-state index in [4.69, 9.17) is 17.3 Å². The molecule has 1 heterocycles. The van der Waals surface area contributed by atoms with Gasteiger partial charge in [0.05, 0.1) is 0 Å². The number of nitrogens with zero attached hydrogens (tertiary/aromatic N) is 1. The minimum absolute atomic E-state index is 0.0999. The van der Waals surface area contributed by atoms with E-state index < -0.39 is 0 Å². The van der Waals surface area contributed by atoms with Crippen molar-refractivity contribution in [1.82, 2.24) is 10.2 Å². The maximum Gasteiger partial charge on any atom is 0.322 e.